The molecule has 0 aliphatic heterocycles. The van der Waals surface area contributed by atoms with Crippen molar-refractivity contribution < 1.29 is 14.6 Å². The fraction of sp³-hybridized carbons (Fsp3) is 0.500. The molecule has 1 rings (SSSR count). The lowest BCUT2D eigenvalue weighted by Gasteiger charge is -2.16. The maximum atomic E-state index is 10.9. The van der Waals surface area contributed by atoms with Gasteiger partial charge in [-0.1, -0.05) is 6.07 Å². The number of nitrogens with two attached hydrogens (primary N) is 1. The van der Waals surface area contributed by atoms with Crippen LogP contribution in [0.5, 0.6) is 0 Å². The minimum Gasteiger partial charge on any atom is -0.469 e. The van der Waals surface area contributed by atoms with Gasteiger partial charge in [-0.05, 0) is 17.9 Å². The number of methoxy groups -OCH3 is 1. The number of carbonyl (C=O) groups is 1. The predicted octanol–water partition coefficient (Wildman–Crippen LogP) is 1.06. The molecule has 2 unspecified atom stereocenters. The molecule has 15 heavy (non-hydrogen) atoms. The zero-order valence-electron chi connectivity index (χ0n) is 8.55. The van der Waals surface area contributed by atoms with Gasteiger partial charge in [-0.3, -0.25) is 4.79 Å². The summed E-state index contributed by atoms with van der Waals surface area (Å²) in [6, 6.07) is 3.26. The third kappa shape index (κ3) is 3.62. The van der Waals surface area contributed by atoms with Gasteiger partial charge in [0, 0.05) is 17.3 Å². The fourth-order valence-corrected chi connectivity index (χ4v) is 2.00. The lowest BCUT2D eigenvalue weighted by atomic mass is 10.1. The van der Waals surface area contributed by atoms with Gasteiger partial charge in [0.2, 0.25) is 0 Å². The Kier molecular flexibility index (Phi) is 4.74. The van der Waals surface area contributed by atoms with Gasteiger partial charge < -0.3 is 15.6 Å². The normalized spacial score (nSPS) is 14.6. The lowest BCUT2D eigenvalue weighted by Crippen LogP contribution is -2.28. The second kappa shape index (κ2) is 5.85. The van der Waals surface area contributed by atoms with Crippen LogP contribution in [-0.2, 0) is 9.53 Å². The summed E-state index contributed by atoms with van der Waals surface area (Å²) in [4.78, 5) is 11.7. The SMILES string of the molecule is COC(=O)CCC(N)C(O)c1cccs1. The van der Waals surface area contributed by atoms with Gasteiger partial charge in [0.25, 0.3) is 0 Å². The van der Waals surface area contributed by atoms with Gasteiger partial charge in [-0.25, -0.2) is 0 Å². The van der Waals surface area contributed by atoms with Gasteiger partial charge in [-0.2, -0.15) is 0 Å². The first kappa shape index (κ1) is 12.2. The summed E-state index contributed by atoms with van der Waals surface area (Å²) in [5, 5.41) is 11.7. The summed E-state index contributed by atoms with van der Waals surface area (Å²) in [6.45, 7) is 0. The molecule has 0 spiro atoms. The standard InChI is InChI=1S/C10H15NO3S/c1-14-9(12)5-4-7(11)10(13)8-3-2-6-15-8/h2-3,6-7,10,13H,4-5,11H2,1H3. The summed E-state index contributed by atoms with van der Waals surface area (Å²) in [5.41, 5.74) is 5.76. The Morgan fingerprint density at radius 3 is 3.00 bits per heavy atom. The Bertz CT molecular complexity index is 300. The highest BCUT2D eigenvalue weighted by molar-refractivity contribution is 7.10. The predicted molar refractivity (Wildman–Crippen MR) is 58.5 cm³/mol. The van der Waals surface area contributed by atoms with E-state index in [4.69, 9.17) is 5.73 Å². The number of hydrogen-bond acceptors (Lipinski definition) is 5. The maximum absolute atomic E-state index is 10.9. The highest BCUT2D eigenvalue weighted by atomic mass is 32.1. The highest BCUT2D eigenvalue weighted by Gasteiger charge is 2.18. The van der Waals surface area contributed by atoms with E-state index in [1.807, 2.05) is 17.5 Å². The molecule has 1 aromatic heterocycles. The molecule has 4 nitrogen and oxygen atoms in total. The van der Waals surface area contributed by atoms with E-state index in [-0.39, 0.29) is 12.4 Å². The first-order chi connectivity index (χ1) is 7.15. The maximum Gasteiger partial charge on any atom is 0.305 e. The van der Waals surface area contributed by atoms with Crippen molar-refractivity contribution in [2.24, 2.45) is 5.73 Å². The molecule has 0 bridgehead atoms. The van der Waals surface area contributed by atoms with Crippen LogP contribution in [0.1, 0.15) is 23.8 Å². The minimum atomic E-state index is -0.699. The molecule has 2 atom stereocenters. The largest absolute Gasteiger partial charge is 0.469 e. The molecule has 0 saturated heterocycles. The van der Waals surface area contributed by atoms with Gasteiger partial charge in [0.05, 0.1) is 7.11 Å². The van der Waals surface area contributed by atoms with E-state index < -0.39 is 12.1 Å². The molecule has 0 aromatic carbocycles. The van der Waals surface area contributed by atoms with Gasteiger partial charge >= 0.3 is 5.97 Å². The highest BCUT2D eigenvalue weighted by Crippen LogP contribution is 2.22. The number of aliphatic hydroxyl groups excluding tert-OH is 1. The smallest absolute Gasteiger partial charge is 0.305 e. The Balaban J connectivity index is 2.40. The van der Waals surface area contributed by atoms with E-state index in [1.54, 1.807) is 0 Å². The van der Waals surface area contributed by atoms with Crippen molar-refractivity contribution in [1.82, 2.24) is 0 Å². The van der Waals surface area contributed by atoms with Crippen LogP contribution in [0.2, 0.25) is 0 Å². The van der Waals surface area contributed by atoms with Crippen LogP contribution in [0.3, 0.4) is 0 Å². The van der Waals surface area contributed by atoms with Crippen molar-refractivity contribution in [3.05, 3.63) is 22.4 Å². The van der Waals surface area contributed by atoms with Crippen molar-refractivity contribution in [2.45, 2.75) is 25.0 Å². The van der Waals surface area contributed by atoms with E-state index in [9.17, 15) is 9.90 Å². The average molecular weight is 229 g/mol. The molecule has 3 N–H and O–H groups in total. The van der Waals surface area contributed by atoms with Crippen LogP contribution in [0.25, 0.3) is 0 Å². The lowest BCUT2D eigenvalue weighted by molar-refractivity contribution is -0.140. The molecule has 5 heteroatoms. The van der Waals surface area contributed by atoms with E-state index >= 15 is 0 Å². The van der Waals surface area contributed by atoms with Crippen LogP contribution in [0.4, 0.5) is 0 Å². The molecule has 84 valence electrons. The van der Waals surface area contributed by atoms with Crippen molar-refractivity contribution >= 4 is 17.3 Å². The van der Waals surface area contributed by atoms with Crippen LogP contribution in [0.15, 0.2) is 17.5 Å². The third-order valence-corrected chi connectivity index (χ3v) is 3.09. The van der Waals surface area contributed by atoms with Crippen molar-refractivity contribution in [3.8, 4) is 0 Å². The Morgan fingerprint density at radius 1 is 1.73 bits per heavy atom. The molecule has 1 aromatic rings. The summed E-state index contributed by atoms with van der Waals surface area (Å²) in [5.74, 6) is -0.302. The summed E-state index contributed by atoms with van der Waals surface area (Å²) in [7, 11) is 1.34. The zero-order chi connectivity index (χ0) is 11.3. The quantitative estimate of drug-likeness (QED) is 0.741. The van der Waals surface area contributed by atoms with Crippen LogP contribution >= 0.6 is 11.3 Å². The number of carbonyl (C=O) groups excluding carboxylic acids is 1. The molecule has 0 fully saturated rings. The monoisotopic (exact) mass is 229 g/mol. The summed E-state index contributed by atoms with van der Waals surface area (Å²) < 4.78 is 4.50. The van der Waals surface area contributed by atoms with Crippen LogP contribution < -0.4 is 5.73 Å². The van der Waals surface area contributed by atoms with E-state index in [2.05, 4.69) is 4.74 Å². The molecular weight excluding hydrogens is 214 g/mol. The average Bonchev–Trinajstić information content (AvgIpc) is 2.77. The first-order valence-electron chi connectivity index (χ1n) is 4.69. The van der Waals surface area contributed by atoms with Crippen LogP contribution in [0, 0.1) is 0 Å². The van der Waals surface area contributed by atoms with Gasteiger partial charge in [-0.15, -0.1) is 11.3 Å². The Labute approximate surface area is 92.7 Å². The number of hydrogen-bond donors (Lipinski definition) is 2. The number of rotatable bonds is 5. The number of ether oxygens (including phenoxy) is 1. The fourth-order valence-electron chi connectivity index (χ4n) is 1.22. The van der Waals surface area contributed by atoms with E-state index in [0.717, 1.165) is 4.88 Å². The molecule has 0 saturated carbocycles. The molecule has 0 radical (unpaired) electrons. The third-order valence-electron chi connectivity index (χ3n) is 2.15. The Hall–Kier alpha value is -0.910. The molecule has 0 amide bonds. The van der Waals surface area contributed by atoms with E-state index in [0.29, 0.717) is 6.42 Å². The van der Waals surface area contributed by atoms with Crippen molar-refractivity contribution in [1.29, 1.82) is 0 Å². The topological polar surface area (TPSA) is 72.5 Å². The molecule has 0 aliphatic rings. The number of esters is 1. The summed E-state index contributed by atoms with van der Waals surface area (Å²) >= 11 is 1.45. The van der Waals surface area contributed by atoms with Crippen molar-refractivity contribution in [3.63, 3.8) is 0 Å². The summed E-state index contributed by atoms with van der Waals surface area (Å²) in [6.07, 6.45) is -0.0408. The first-order valence-corrected chi connectivity index (χ1v) is 5.57. The molecule has 1 heterocycles. The zero-order valence-corrected chi connectivity index (χ0v) is 9.37. The van der Waals surface area contributed by atoms with Gasteiger partial charge in [0.1, 0.15) is 6.10 Å². The second-order valence-corrected chi connectivity index (χ2v) is 4.22. The molecule has 0 aliphatic carbocycles. The van der Waals surface area contributed by atoms with Crippen molar-refractivity contribution in [2.75, 3.05) is 7.11 Å². The second-order valence-electron chi connectivity index (χ2n) is 3.24. The van der Waals surface area contributed by atoms with E-state index in [1.165, 1.54) is 18.4 Å². The van der Waals surface area contributed by atoms with Gasteiger partial charge in [0.15, 0.2) is 0 Å². The minimum absolute atomic E-state index is 0.236. The molecular formula is C10H15NO3S. The van der Waals surface area contributed by atoms with Crippen LogP contribution in [-0.4, -0.2) is 24.2 Å². The Morgan fingerprint density at radius 2 is 2.47 bits per heavy atom. The number of thiophene rings is 1. The number of aliphatic hydroxyl groups is 1.